The number of rotatable bonds is 3. The monoisotopic (exact) mass is 280 g/mol. The Labute approximate surface area is 117 Å². The zero-order chi connectivity index (χ0) is 13.2. The van der Waals surface area contributed by atoms with Crippen molar-refractivity contribution in [3.8, 4) is 0 Å². The number of fused-ring (bicyclic) bond motifs is 1. The molecule has 0 bridgehead atoms. The fraction of sp³-hybridized carbons (Fsp3) is 0.769. The Kier molecular flexibility index (Phi) is 3.79. The van der Waals surface area contributed by atoms with E-state index in [1.165, 1.54) is 37.3 Å². The molecule has 0 spiro atoms. The average molecular weight is 280 g/mol. The lowest BCUT2D eigenvalue weighted by atomic mass is 9.99. The third kappa shape index (κ3) is 2.51. The summed E-state index contributed by atoms with van der Waals surface area (Å²) in [4.78, 5) is 15.5. The van der Waals surface area contributed by atoms with Crippen molar-refractivity contribution in [3.05, 3.63) is 10.6 Å². The van der Waals surface area contributed by atoms with Crippen LogP contribution in [0.4, 0.5) is 0 Å². The number of aryl methyl sites for hydroxylation is 1. The Bertz CT molecular complexity index is 461. The van der Waals surface area contributed by atoms with Crippen molar-refractivity contribution in [2.45, 2.75) is 51.1 Å². The van der Waals surface area contributed by atoms with Crippen molar-refractivity contribution in [1.82, 2.24) is 19.8 Å². The largest absolute Gasteiger partial charge is 0.347 e. The first-order valence-corrected chi connectivity index (χ1v) is 7.93. The Morgan fingerprint density at radius 3 is 3.16 bits per heavy atom. The molecule has 2 fully saturated rings. The maximum Gasteiger partial charge on any atom is 0.265 e. The van der Waals surface area contributed by atoms with Crippen LogP contribution in [-0.2, 0) is 6.42 Å². The van der Waals surface area contributed by atoms with E-state index in [2.05, 4.69) is 19.8 Å². The van der Waals surface area contributed by atoms with Crippen molar-refractivity contribution in [1.29, 1.82) is 0 Å². The van der Waals surface area contributed by atoms with Gasteiger partial charge in [0.15, 0.2) is 0 Å². The van der Waals surface area contributed by atoms with Crippen molar-refractivity contribution >= 4 is 17.4 Å². The fourth-order valence-corrected chi connectivity index (χ4v) is 3.92. The van der Waals surface area contributed by atoms with Crippen LogP contribution in [0.3, 0.4) is 0 Å². The summed E-state index contributed by atoms with van der Waals surface area (Å²) < 4.78 is 3.89. The minimum Gasteiger partial charge on any atom is -0.347 e. The number of nitrogens with one attached hydrogen (secondary N) is 1. The molecule has 5 nitrogen and oxygen atoms in total. The third-order valence-corrected chi connectivity index (χ3v) is 5.04. The standard InChI is InChI=1S/C13H20N4OS/c1-2-9-12(19-16-15-9)13(18)14-10-6-8-17-7-4-3-5-11(10)17/h10-11H,2-8H2,1H3,(H,14,18). The second-order valence-corrected chi connectivity index (χ2v) is 6.12. The molecule has 1 amide bonds. The second kappa shape index (κ2) is 5.54. The zero-order valence-corrected chi connectivity index (χ0v) is 12.1. The summed E-state index contributed by atoms with van der Waals surface area (Å²) in [6.45, 7) is 4.32. The summed E-state index contributed by atoms with van der Waals surface area (Å²) in [5.41, 5.74) is 0.820. The van der Waals surface area contributed by atoms with Crippen LogP contribution < -0.4 is 5.32 Å². The molecule has 2 atom stereocenters. The first-order valence-electron chi connectivity index (χ1n) is 7.15. The molecule has 3 heterocycles. The van der Waals surface area contributed by atoms with Crippen LogP contribution in [0, 0.1) is 0 Å². The van der Waals surface area contributed by atoms with Gasteiger partial charge in [0.25, 0.3) is 5.91 Å². The molecule has 1 N–H and O–H groups in total. The first-order chi connectivity index (χ1) is 9.29. The van der Waals surface area contributed by atoms with Gasteiger partial charge in [0, 0.05) is 18.6 Å². The Balaban J connectivity index is 1.66. The van der Waals surface area contributed by atoms with E-state index in [0.29, 0.717) is 17.0 Å². The molecule has 0 saturated carbocycles. The highest BCUT2D eigenvalue weighted by Gasteiger charge is 2.36. The van der Waals surface area contributed by atoms with Crippen molar-refractivity contribution in [2.75, 3.05) is 13.1 Å². The highest BCUT2D eigenvalue weighted by atomic mass is 32.1. The maximum atomic E-state index is 12.3. The van der Waals surface area contributed by atoms with Crippen LogP contribution in [0.2, 0.25) is 0 Å². The first kappa shape index (κ1) is 13.0. The van der Waals surface area contributed by atoms with E-state index >= 15 is 0 Å². The third-order valence-electron chi connectivity index (χ3n) is 4.27. The Hall–Kier alpha value is -1.01. The lowest BCUT2D eigenvalue weighted by Gasteiger charge is -2.32. The van der Waals surface area contributed by atoms with Gasteiger partial charge in [-0.2, -0.15) is 0 Å². The summed E-state index contributed by atoms with van der Waals surface area (Å²) in [7, 11) is 0. The minimum absolute atomic E-state index is 0.0178. The highest BCUT2D eigenvalue weighted by molar-refractivity contribution is 7.08. The predicted molar refractivity (Wildman–Crippen MR) is 74.4 cm³/mol. The van der Waals surface area contributed by atoms with Gasteiger partial charge in [0.1, 0.15) is 4.88 Å². The van der Waals surface area contributed by atoms with Gasteiger partial charge in [-0.15, -0.1) is 5.10 Å². The smallest absolute Gasteiger partial charge is 0.265 e. The van der Waals surface area contributed by atoms with Crippen molar-refractivity contribution in [2.24, 2.45) is 0 Å². The topological polar surface area (TPSA) is 58.1 Å². The number of hydrogen-bond donors (Lipinski definition) is 1. The fourth-order valence-electron chi connectivity index (χ4n) is 3.26. The molecule has 19 heavy (non-hydrogen) atoms. The molecule has 0 aromatic carbocycles. The highest BCUT2D eigenvalue weighted by Crippen LogP contribution is 2.27. The summed E-state index contributed by atoms with van der Waals surface area (Å²) in [6.07, 6.45) is 5.64. The SMILES string of the molecule is CCc1nnsc1C(=O)NC1CCN2CCCCC12. The number of amides is 1. The van der Waals surface area contributed by atoms with Crippen molar-refractivity contribution in [3.63, 3.8) is 0 Å². The Morgan fingerprint density at radius 2 is 2.32 bits per heavy atom. The summed E-state index contributed by atoms with van der Waals surface area (Å²) >= 11 is 1.21. The van der Waals surface area contributed by atoms with Gasteiger partial charge in [-0.1, -0.05) is 17.8 Å². The molecule has 1 aromatic rings. The second-order valence-electron chi connectivity index (χ2n) is 5.37. The van der Waals surface area contributed by atoms with E-state index in [-0.39, 0.29) is 5.91 Å². The number of carbonyl (C=O) groups excluding carboxylic acids is 1. The number of piperidine rings is 1. The number of nitrogens with zero attached hydrogens (tertiary/aromatic N) is 3. The molecular formula is C13H20N4OS. The van der Waals surface area contributed by atoms with Crippen LogP contribution in [0.5, 0.6) is 0 Å². The normalized spacial score (nSPS) is 27.2. The quantitative estimate of drug-likeness (QED) is 0.910. The molecule has 0 radical (unpaired) electrons. The lowest BCUT2D eigenvalue weighted by Crippen LogP contribution is -2.46. The van der Waals surface area contributed by atoms with Crippen LogP contribution >= 0.6 is 11.5 Å². The van der Waals surface area contributed by atoms with Gasteiger partial charge in [-0.25, -0.2) is 0 Å². The maximum absolute atomic E-state index is 12.3. The molecule has 2 unspecified atom stereocenters. The van der Waals surface area contributed by atoms with Crippen molar-refractivity contribution < 1.29 is 4.79 Å². The van der Waals surface area contributed by atoms with E-state index in [1.807, 2.05) is 6.92 Å². The molecule has 2 saturated heterocycles. The molecule has 1 aromatic heterocycles. The van der Waals surface area contributed by atoms with E-state index < -0.39 is 0 Å². The summed E-state index contributed by atoms with van der Waals surface area (Å²) in [5, 5.41) is 7.21. The van der Waals surface area contributed by atoms with Crippen LogP contribution in [0.15, 0.2) is 0 Å². The summed E-state index contributed by atoms with van der Waals surface area (Å²) in [6, 6.07) is 0.850. The van der Waals surface area contributed by atoms with E-state index in [9.17, 15) is 4.79 Å². The average Bonchev–Trinajstić information content (AvgIpc) is 3.05. The molecule has 104 valence electrons. The zero-order valence-electron chi connectivity index (χ0n) is 11.3. The minimum atomic E-state index is 0.0178. The van der Waals surface area contributed by atoms with Gasteiger partial charge in [0.05, 0.1) is 5.69 Å². The molecule has 2 aliphatic rings. The van der Waals surface area contributed by atoms with Gasteiger partial charge < -0.3 is 5.32 Å². The predicted octanol–water partition coefficient (Wildman–Crippen LogP) is 1.46. The van der Waals surface area contributed by atoms with Gasteiger partial charge in [-0.05, 0) is 43.8 Å². The molecule has 0 aliphatic carbocycles. The number of aromatic nitrogens is 2. The van der Waals surface area contributed by atoms with E-state index in [1.54, 1.807) is 0 Å². The Morgan fingerprint density at radius 1 is 1.42 bits per heavy atom. The van der Waals surface area contributed by atoms with Gasteiger partial charge in [-0.3, -0.25) is 9.69 Å². The molecular weight excluding hydrogens is 260 g/mol. The van der Waals surface area contributed by atoms with Crippen LogP contribution in [-0.4, -0.2) is 45.6 Å². The lowest BCUT2D eigenvalue weighted by molar-refractivity contribution is 0.0918. The van der Waals surface area contributed by atoms with E-state index in [4.69, 9.17) is 0 Å². The van der Waals surface area contributed by atoms with Crippen LogP contribution in [0.25, 0.3) is 0 Å². The summed E-state index contributed by atoms with van der Waals surface area (Å²) in [5.74, 6) is 0.0178. The molecule has 2 aliphatic heterocycles. The number of carbonyl (C=O) groups is 1. The molecule has 3 rings (SSSR count). The van der Waals surface area contributed by atoms with Gasteiger partial charge in [0.2, 0.25) is 0 Å². The van der Waals surface area contributed by atoms with E-state index in [0.717, 1.165) is 25.1 Å². The van der Waals surface area contributed by atoms with Crippen LogP contribution in [0.1, 0.15) is 48.0 Å². The van der Waals surface area contributed by atoms with Gasteiger partial charge >= 0.3 is 0 Å². The molecule has 6 heteroatoms. The number of hydrogen-bond acceptors (Lipinski definition) is 5.